The van der Waals surface area contributed by atoms with Gasteiger partial charge in [-0.1, -0.05) is 54.6 Å². The summed E-state index contributed by atoms with van der Waals surface area (Å²) in [7, 11) is 0. The number of esters is 1. The molecule has 2 N–H and O–H groups in total. The molecule has 0 aliphatic heterocycles. The van der Waals surface area contributed by atoms with Crippen LogP contribution in [0.5, 0.6) is 0 Å². The lowest BCUT2D eigenvalue weighted by atomic mass is 10.1. The first kappa shape index (κ1) is 23.7. The number of hydrogen-bond donors (Lipinski definition) is 2. The second kappa shape index (κ2) is 11.6. The van der Waals surface area contributed by atoms with E-state index in [0.717, 1.165) is 29.2 Å². The van der Waals surface area contributed by atoms with Crippen molar-refractivity contribution in [1.82, 2.24) is 10.6 Å². The van der Waals surface area contributed by atoms with Crippen molar-refractivity contribution in [3.8, 4) is 0 Å². The van der Waals surface area contributed by atoms with Crippen LogP contribution in [0.3, 0.4) is 0 Å². The van der Waals surface area contributed by atoms with Gasteiger partial charge in [-0.3, -0.25) is 19.2 Å². The number of Topliss-reactive ketones (excluding diaryl/α,β-unsaturated/α-hetero) is 1. The van der Waals surface area contributed by atoms with Gasteiger partial charge in [0.1, 0.15) is 6.54 Å². The van der Waals surface area contributed by atoms with E-state index in [0.29, 0.717) is 17.7 Å². The standard InChI is InChI=1S/C26H26N2O5/c1-18(29)27-14-4-5-19-8-10-21(11-9-19)24(30)17-33-25(31)16-28-26(32)23-13-12-20-6-2-3-7-22(20)15-23/h2-3,6-13,15H,4-5,14,16-17H2,1H3,(H,27,29)(H,28,32). The summed E-state index contributed by atoms with van der Waals surface area (Å²) in [6.07, 6.45) is 1.58. The number of nitrogens with one attached hydrogen (secondary N) is 2. The number of ketones is 1. The molecular weight excluding hydrogens is 420 g/mol. The minimum atomic E-state index is -0.688. The molecule has 0 atom stereocenters. The van der Waals surface area contributed by atoms with Crippen molar-refractivity contribution in [2.45, 2.75) is 19.8 Å². The zero-order chi connectivity index (χ0) is 23.6. The molecule has 0 saturated carbocycles. The van der Waals surface area contributed by atoms with E-state index < -0.39 is 18.5 Å². The number of rotatable bonds is 10. The van der Waals surface area contributed by atoms with Crippen LogP contribution in [0, 0.1) is 0 Å². The molecule has 33 heavy (non-hydrogen) atoms. The fourth-order valence-corrected chi connectivity index (χ4v) is 3.28. The molecule has 0 aromatic heterocycles. The maximum Gasteiger partial charge on any atom is 0.325 e. The van der Waals surface area contributed by atoms with E-state index in [9.17, 15) is 19.2 Å². The molecule has 2 amide bonds. The molecule has 0 spiro atoms. The zero-order valence-electron chi connectivity index (χ0n) is 18.4. The van der Waals surface area contributed by atoms with Crippen LogP contribution in [0.2, 0.25) is 0 Å². The van der Waals surface area contributed by atoms with Crippen LogP contribution in [0.4, 0.5) is 0 Å². The number of amides is 2. The quantitative estimate of drug-likeness (QED) is 0.283. The zero-order valence-corrected chi connectivity index (χ0v) is 18.4. The van der Waals surface area contributed by atoms with Gasteiger partial charge < -0.3 is 15.4 Å². The second-order valence-corrected chi connectivity index (χ2v) is 7.61. The van der Waals surface area contributed by atoms with Crippen molar-refractivity contribution >= 4 is 34.3 Å². The largest absolute Gasteiger partial charge is 0.456 e. The minimum Gasteiger partial charge on any atom is -0.456 e. The lowest BCUT2D eigenvalue weighted by molar-refractivity contribution is -0.141. The van der Waals surface area contributed by atoms with E-state index in [-0.39, 0.29) is 18.2 Å². The first-order valence-electron chi connectivity index (χ1n) is 10.7. The molecule has 3 aromatic carbocycles. The minimum absolute atomic E-state index is 0.0567. The molecule has 0 unspecified atom stereocenters. The van der Waals surface area contributed by atoms with Gasteiger partial charge in [0.05, 0.1) is 0 Å². The number of aryl methyl sites for hydroxylation is 1. The van der Waals surface area contributed by atoms with Gasteiger partial charge in [0.15, 0.2) is 12.4 Å². The molecule has 0 aliphatic carbocycles. The van der Waals surface area contributed by atoms with Crippen molar-refractivity contribution in [2.24, 2.45) is 0 Å². The SMILES string of the molecule is CC(=O)NCCCc1ccc(C(=O)COC(=O)CNC(=O)c2ccc3ccccc3c2)cc1. The first-order valence-corrected chi connectivity index (χ1v) is 10.7. The number of carbonyl (C=O) groups is 4. The van der Waals surface area contributed by atoms with E-state index in [1.165, 1.54) is 6.92 Å². The van der Waals surface area contributed by atoms with Crippen molar-refractivity contribution in [3.05, 3.63) is 83.4 Å². The Morgan fingerprint density at radius 3 is 2.24 bits per heavy atom. The van der Waals surface area contributed by atoms with Crippen LogP contribution in [-0.2, 0) is 20.7 Å². The van der Waals surface area contributed by atoms with Gasteiger partial charge in [-0.2, -0.15) is 0 Å². The van der Waals surface area contributed by atoms with Gasteiger partial charge in [-0.25, -0.2) is 0 Å². The summed E-state index contributed by atoms with van der Waals surface area (Å²) in [6, 6.07) is 20.0. The summed E-state index contributed by atoms with van der Waals surface area (Å²) < 4.78 is 5.00. The number of carbonyl (C=O) groups excluding carboxylic acids is 4. The Morgan fingerprint density at radius 2 is 1.52 bits per heavy atom. The average molecular weight is 447 g/mol. The molecule has 7 nitrogen and oxygen atoms in total. The maximum absolute atomic E-state index is 12.3. The van der Waals surface area contributed by atoms with Crippen LogP contribution < -0.4 is 10.6 Å². The average Bonchev–Trinajstić information content (AvgIpc) is 2.83. The molecule has 170 valence electrons. The number of fused-ring (bicyclic) bond motifs is 1. The predicted octanol–water partition coefficient (Wildman–Crippen LogP) is 3.06. The molecule has 0 aliphatic rings. The highest BCUT2D eigenvalue weighted by Crippen LogP contribution is 2.15. The third-order valence-electron chi connectivity index (χ3n) is 5.06. The molecule has 0 heterocycles. The number of hydrogen-bond acceptors (Lipinski definition) is 5. The van der Waals surface area contributed by atoms with Crippen LogP contribution >= 0.6 is 0 Å². The molecular formula is C26H26N2O5. The summed E-state index contributed by atoms with van der Waals surface area (Å²) in [4.78, 5) is 47.4. The van der Waals surface area contributed by atoms with E-state index in [4.69, 9.17) is 4.74 Å². The van der Waals surface area contributed by atoms with Crippen LogP contribution in [-0.4, -0.2) is 43.3 Å². The normalized spacial score (nSPS) is 10.5. The Hall–Kier alpha value is -4.00. The monoisotopic (exact) mass is 446 g/mol. The fourth-order valence-electron chi connectivity index (χ4n) is 3.28. The highest BCUT2D eigenvalue weighted by atomic mass is 16.5. The summed E-state index contributed by atoms with van der Waals surface area (Å²) in [5.41, 5.74) is 1.92. The summed E-state index contributed by atoms with van der Waals surface area (Å²) in [5.74, 6) is -1.46. The van der Waals surface area contributed by atoms with E-state index >= 15 is 0 Å². The molecule has 0 bridgehead atoms. The van der Waals surface area contributed by atoms with Crippen molar-refractivity contribution < 1.29 is 23.9 Å². The smallest absolute Gasteiger partial charge is 0.325 e. The molecule has 0 fully saturated rings. The molecule has 0 radical (unpaired) electrons. The number of ether oxygens (including phenoxy) is 1. The number of benzene rings is 3. The Bertz CT molecular complexity index is 1150. The van der Waals surface area contributed by atoms with E-state index in [1.807, 2.05) is 42.5 Å². The third kappa shape index (κ3) is 7.28. The first-order chi connectivity index (χ1) is 15.9. The summed E-state index contributed by atoms with van der Waals surface area (Å²) >= 11 is 0. The van der Waals surface area contributed by atoms with Gasteiger partial charge in [-0.15, -0.1) is 0 Å². The lowest BCUT2D eigenvalue weighted by Crippen LogP contribution is -2.31. The van der Waals surface area contributed by atoms with E-state index in [2.05, 4.69) is 10.6 Å². The van der Waals surface area contributed by atoms with Gasteiger partial charge in [0, 0.05) is 24.6 Å². The highest BCUT2D eigenvalue weighted by Gasteiger charge is 2.12. The summed E-state index contributed by atoms with van der Waals surface area (Å²) in [5, 5.41) is 7.20. The van der Waals surface area contributed by atoms with Gasteiger partial charge in [0.2, 0.25) is 5.91 Å². The molecule has 3 rings (SSSR count). The van der Waals surface area contributed by atoms with Crippen LogP contribution in [0.1, 0.15) is 39.6 Å². The fraction of sp³-hybridized carbons (Fsp3) is 0.231. The molecule has 7 heteroatoms. The predicted molar refractivity (Wildman–Crippen MR) is 125 cm³/mol. The summed E-state index contributed by atoms with van der Waals surface area (Å²) in [6.45, 7) is 1.36. The Morgan fingerprint density at radius 1 is 0.818 bits per heavy atom. The van der Waals surface area contributed by atoms with Crippen LogP contribution in [0.15, 0.2) is 66.7 Å². The van der Waals surface area contributed by atoms with Crippen LogP contribution in [0.25, 0.3) is 10.8 Å². The lowest BCUT2D eigenvalue weighted by Gasteiger charge is -2.08. The van der Waals surface area contributed by atoms with E-state index in [1.54, 1.807) is 24.3 Å². The van der Waals surface area contributed by atoms with Gasteiger partial charge in [0.25, 0.3) is 5.91 Å². The van der Waals surface area contributed by atoms with Crippen molar-refractivity contribution in [1.29, 1.82) is 0 Å². The highest BCUT2D eigenvalue weighted by molar-refractivity contribution is 6.00. The second-order valence-electron chi connectivity index (χ2n) is 7.61. The molecule has 3 aromatic rings. The Labute approximate surface area is 192 Å². The Balaban J connectivity index is 1.41. The Kier molecular flexibility index (Phi) is 8.30. The molecule has 0 saturated heterocycles. The maximum atomic E-state index is 12.3. The van der Waals surface area contributed by atoms with Gasteiger partial charge in [-0.05, 0) is 41.3 Å². The van der Waals surface area contributed by atoms with Gasteiger partial charge >= 0.3 is 5.97 Å². The van der Waals surface area contributed by atoms with Crippen molar-refractivity contribution in [2.75, 3.05) is 19.7 Å². The van der Waals surface area contributed by atoms with Crippen molar-refractivity contribution in [3.63, 3.8) is 0 Å². The topological polar surface area (TPSA) is 102 Å². The third-order valence-corrected chi connectivity index (χ3v) is 5.06.